The van der Waals surface area contributed by atoms with Crippen molar-refractivity contribution in [3.8, 4) is 0 Å². The quantitative estimate of drug-likeness (QED) is 0.394. The molecule has 0 N–H and O–H groups in total. The molecule has 1 fully saturated rings. The van der Waals surface area contributed by atoms with Crippen LogP contribution in [0.3, 0.4) is 0 Å². The number of unbranched alkanes of at least 4 members (excludes halogenated alkanes) is 2. The maximum absolute atomic E-state index is 11.1. The summed E-state index contributed by atoms with van der Waals surface area (Å²) < 4.78 is 5.00. The van der Waals surface area contributed by atoms with Crippen molar-refractivity contribution in [1.29, 1.82) is 0 Å². The Morgan fingerprint density at radius 2 is 2.14 bits per heavy atom. The largest absolute Gasteiger partial charge is 0.459 e. The van der Waals surface area contributed by atoms with Crippen LogP contribution in [0, 0.1) is 0 Å². The average molecular weight is 198 g/mol. The predicted molar refractivity (Wildman–Crippen MR) is 59.1 cm³/mol. The summed E-state index contributed by atoms with van der Waals surface area (Å²) in [6, 6.07) is 0. The maximum Gasteiger partial charge on any atom is 0.334 e. The van der Waals surface area contributed by atoms with E-state index in [4.69, 9.17) is 4.74 Å². The van der Waals surface area contributed by atoms with E-state index in [-0.39, 0.29) is 12.1 Å². The van der Waals surface area contributed by atoms with Crippen molar-refractivity contribution in [3.05, 3.63) is 11.6 Å². The topological polar surface area (TPSA) is 26.3 Å². The zero-order valence-electron chi connectivity index (χ0n) is 9.80. The van der Waals surface area contributed by atoms with E-state index in [0.717, 1.165) is 24.8 Å². The van der Waals surface area contributed by atoms with Gasteiger partial charge in [0.2, 0.25) is 0 Å². The van der Waals surface area contributed by atoms with Crippen molar-refractivity contribution in [2.24, 2.45) is 0 Å². The van der Waals surface area contributed by atoms with Gasteiger partial charge in [-0.2, -0.15) is 0 Å². The molecule has 14 heavy (non-hydrogen) atoms. The zero-order chi connectivity index (χ0) is 11.0. The van der Waals surface area contributed by atoms with E-state index in [1.54, 1.807) is 0 Å². The average Bonchev–Trinajstić information content (AvgIpc) is 2.49. The highest BCUT2D eigenvalue weighted by molar-refractivity contribution is 5.90. The molecule has 0 aromatic carbocycles. The van der Waals surface area contributed by atoms with Crippen LogP contribution in [0.5, 0.6) is 0 Å². The summed E-state index contributed by atoms with van der Waals surface area (Å²) in [6.07, 6.45) is 6.25. The Hall–Kier alpha value is -0.790. The van der Waals surface area contributed by atoms with Crippen molar-refractivity contribution in [3.63, 3.8) is 0 Å². The van der Waals surface area contributed by atoms with Crippen LogP contribution in [0.25, 0.3) is 0 Å². The van der Waals surface area contributed by atoms with Gasteiger partial charge in [0.1, 0.15) is 6.10 Å². The number of hydrogen-bond acceptors (Lipinski definition) is 2. The highest BCUT2D eigenvalue weighted by Gasteiger charge is 2.24. The molecule has 0 amide bonds. The number of carbonyl (C=O) groups is 1. The van der Waals surface area contributed by atoms with Crippen LogP contribution in [-0.2, 0) is 9.53 Å². The Labute approximate surface area is 87.3 Å². The second kappa shape index (κ2) is 7.60. The molecule has 1 heterocycles. The number of allylic oxidation sites excluding steroid dienone is 1. The number of carbonyl (C=O) groups excluding carboxylic acids is 1. The Morgan fingerprint density at radius 1 is 1.50 bits per heavy atom. The summed E-state index contributed by atoms with van der Waals surface area (Å²) in [5.74, 6) is -0.112. The first-order chi connectivity index (χ1) is 6.74. The molecule has 1 saturated heterocycles. The lowest BCUT2D eigenvalue weighted by atomic mass is 10.1. The summed E-state index contributed by atoms with van der Waals surface area (Å²) in [4.78, 5) is 11.1. The molecule has 0 saturated carbocycles. The normalized spacial score (nSPS) is 23.0. The number of esters is 1. The summed E-state index contributed by atoms with van der Waals surface area (Å²) in [5.41, 5.74) is 0.871. The standard InChI is InChI=1S/C10H16O2.C2H6/c1-3-4-5-6-9-7-8(2)12-10(9)11;1-2/h6,8H,3-5,7H2,1-2H3;1-2H3/b9-6-;. The second-order valence-electron chi connectivity index (χ2n) is 3.29. The highest BCUT2D eigenvalue weighted by Crippen LogP contribution is 2.20. The minimum atomic E-state index is -0.112. The molecule has 1 aliphatic rings. The molecule has 1 rings (SSSR count). The molecule has 1 unspecified atom stereocenters. The first-order valence-electron chi connectivity index (χ1n) is 5.64. The molecular formula is C12H22O2. The highest BCUT2D eigenvalue weighted by atomic mass is 16.5. The van der Waals surface area contributed by atoms with Gasteiger partial charge < -0.3 is 4.74 Å². The van der Waals surface area contributed by atoms with Crippen LogP contribution in [0.4, 0.5) is 0 Å². The molecular weight excluding hydrogens is 176 g/mol. The second-order valence-corrected chi connectivity index (χ2v) is 3.29. The summed E-state index contributed by atoms with van der Waals surface area (Å²) in [7, 11) is 0. The first kappa shape index (κ1) is 13.2. The Kier molecular flexibility index (Phi) is 7.17. The van der Waals surface area contributed by atoms with E-state index in [9.17, 15) is 4.79 Å². The van der Waals surface area contributed by atoms with Gasteiger partial charge >= 0.3 is 5.97 Å². The van der Waals surface area contributed by atoms with Gasteiger partial charge in [0.25, 0.3) is 0 Å². The Bertz CT molecular complexity index is 194. The third kappa shape index (κ3) is 4.45. The van der Waals surface area contributed by atoms with Gasteiger partial charge in [-0.05, 0) is 13.3 Å². The number of hydrogen-bond donors (Lipinski definition) is 0. The molecule has 0 spiro atoms. The molecule has 0 radical (unpaired) electrons. The summed E-state index contributed by atoms with van der Waals surface area (Å²) in [6.45, 7) is 8.08. The van der Waals surface area contributed by atoms with E-state index in [1.165, 1.54) is 6.42 Å². The van der Waals surface area contributed by atoms with Crippen LogP contribution >= 0.6 is 0 Å². The van der Waals surface area contributed by atoms with Crippen molar-refractivity contribution >= 4 is 5.97 Å². The van der Waals surface area contributed by atoms with Crippen LogP contribution in [0.2, 0.25) is 0 Å². The molecule has 82 valence electrons. The van der Waals surface area contributed by atoms with Gasteiger partial charge in [0.05, 0.1) is 0 Å². The molecule has 1 atom stereocenters. The van der Waals surface area contributed by atoms with E-state index in [1.807, 2.05) is 26.8 Å². The van der Waals surface area contributed by atoms with Crippen molar-refractivity contribution in [2.75, 3.05) is 0 Å². The number of ether oxygens (including phenoxy) is 1. The molecule has 2 nitrogen and oxygen atoms in total. The lowest BCUT2D eigenvalue weighted by Crippen LogP contribution is -1.99. The first-order valence-corrected chi connectivity index (χ1v) is 5.64. The molecule has 0 aliphatic carbocycles. The minimum absolute atomic E-state index is 0.0883. The Balaban J connectivity index is 0.000000791. The molecule has 2 heteroatoms. The fourth-order valence-electron chi connectivity index (χ4n) is 1.34. The molecule has 0 aromatic heterocycles. The zero-order valence-corrected chi connectivity index (χ0v) is 9.80. The smallest absolute Gasteiger partial charge is 0.334 e. The number of cyclic esters (lactones) is 1. The van der Waals surface area contributed by atoms with E-state index >= 15 is 0 Å². The summed E-state index contributed by atoms with van der Waals surface area (Å²) in [5, 5.41) is 0. The van der Waals surface area contributed by atoms with E-state index in [0.29, 0.717) is 0 Å². The van der Waals surface area contributed by atoms with Crippen molar-refractivity contribution < 1.29 is 9.53 Å². The fourth-order valence-corrected chi connectivity index (χ4v) is 1.34. The lowest BCUT2D eigenvalue weighted by molar-refractivity contribution is -0.138. The van der Waals surface area contributed by atoms with Crippen molar-refractivity contribution in [2.45, 2.75) is 59.5 Å². The molecule has 0 bridgehead atoms. The van der Waals surface area contributed by atoms with Gasteiger partial charge in [-0.1, -0.05) is 39.7 Å². The lowest BCUT2D eigenvalue weighted by Gasteiger charge is -1.94. The molecule has 0 aromatic rings. The van der Waals surface area contributed by atoms with Crippen LogP contribution < -0.4 is 0 Å². The maximum atomic E-state index is 11.1. The number of rotatable bonds is 3. The predicted octanol–water partition coefficient (Wildman–Crippen LogP) is 3.46. The van der Waals surface area contributed by atoms with Crippen LogP contribution in [0.15, 0.2) is 11.6 Å². The third-order valence-corrected chi connectivity index (χ3v) is 2.03. The summed E-state index contributed by atoms with van der Waals surface area (Å²) >= 11 is 0. The van der Waals surface area contributed by atoms with Crippen molar-refractivity contribution in [1.82, 2.24) is 0 Å². The van der Waals surface area contributed by atoms with E-state index < -0.39 is 0 Å². The monoisotopic (exact) mass is 198 g/mol. The van der Waals surface area contributed by atoms with Gasteiger partial charge in [0.15, 0.2) is 0 Å². The van der Waals surface area contributed by atoms with Gasteiger partial charge in [-0.3, -0.25) is 0 Å². The van der Waals surface area contributed by atoms with Gasteiger partial charge in [-0.15, -0.1) is 0 Å². The molecule has 1 aliphatic heterocycles. The Morgan fingerprint density at radius 3 is 2.57 bits per heavy atom. The van der Waals surface area contributed by atoms with E-state index in [2.05, 4.69) is 6.92 Å². The third-order valence-electron chi connectivity index (χ3n) is 2.03. The van der Waals surface area contributed by atoms with Gasteiger partial charge in [-0.25, -0.2) is 4.79 Å². The van der Waals surface area contributed by atoms with Crippen LogP contribution in [-0.4, -0.2) is 12.1 Å². The fraction of sp³-hybridized carbons (Fsp3) is 0.750. The minimum Gasteiger partial charge on any atom is -0.459 e. The SMILES string of the molecule is CC.CCCC/C=C1/CC(C)OC1=O. The van der Waals surface area contributed by atoms with Gasteiger partial charge in [0, 0.05) is 12.0 Å². The van der Waals surface area contributed by atoms with Crippen LogP contribution in [0.1, 0.15) is 53.4 Å².